The highest BCUT2D eigenvalue weighted by molar-refractivity contribution is 5.99. The van der Waals surface area contributed by atoms with E-state index in [1.54, 1.807) is 12.4 Å². The highest BCUT2D eigenvalue weighted by atomic mass is 16.1. The Bertz CT molecular complexity index is 606. The number of benzene rings is 1. The topological polar surface area (TPSA) is 42.0 Å². The fourth-order valence-electron chi connectivity index (χ4n) is 2.09. The first kappa shape index (κ1) is 14.0. The Labute approximate surface area is 119 Å². The molecular formula is C17H18N2O. The van der Waals surface area contributed by atoms with Gasteiger partial charge < -0.3 is 5.32 Å². The number of carbonyl (C=O) groups excluding carboxylic acids is 1. The van der Waals surface area contributed by atoms with Crippen molar-refractivity contribution in [2.75, 3.05) is 5.32 Å². The quantitative estimate of drug-likeness (QED) is 0.843. The molecule has 1 N–H and O–H groups in total. The van der Waals surface area contributed by atoms with Crippen LogP contribution in [0.5, 0.6) is 0 Å². The van der Waals surface area contributed by atoms with Gasteiger partial charge in [0.25, 0.3) is 0 Å². The highest BCUT2D eigenvalue weighted by Gasteiger charge is 2.05. The van der Waals surface area contributed by atoms with Crippen LogP contribution in [0.3, 0.4) is 0 Å². The zero-order valence-electron chi connectivity index (χ0n) is 11.6. The minimum Gasteiger partial charge on any atom is -0.322 e. The number of nitrogens with one attached hydrogen (secondary N) is 1. The zero-order valence-corrected chi connectivity index (χ0v) is 11.6. The van der Waals surface area contributed by atoms with E-state index in [0.29, 0.717) is 0 Å². The number of anilines is 1. The normalized spacial score (nSPS) is 10.1. The van der Waals surface area contributed by atoms with E-state index in [2.05, 4.69) is 29.9 Å². The molecule has 3 heteroatoms. The molecule has 0 aliphatic carbocycles. The van der Waals surface area contributed by atoms with Crippen LogP contribution in [0.25, 0.3) is 0 Å². The van der Waals surface area contributed by atoms with Crippen LogP contribution in [0.4, 0.5) is 5.69 Å². The second-order valence-corrected chi connectivity index (χ2v) is 4.57. The smallest absolute Gasteiger partial charge is 0.247 e. The molecule has 20 heavy (non-hydrogen) atoms. The van der Waals surface area contributed by atoms with E-state index in [9.17, 15) is 4.79 Å². The molecule has 2 rings (SSSR count). The second kappa shape index (κ2) is 6.66. The van der Waals surface area contributed by atoms with E-state index in [0.717, 1.165) is 24.1 Å². The van der Waals surface area contributed by atoms with Gasteiger partial charge >= 0.3 is 0 Å². The van der Waals surface area contributed by atoms with Crippen molar-refractivity contribution >= 4 is 11.6 Å². The van der Waals surface area contributed by atoms with Gasteiger partial charge in [0.2, 0.25) is 5.91 Å². The molecule has 0 spiro atoms. The molecule has 0 radical (unpaired) electrons. The lowest BCUT2D eigenvalue weighted by Gasteiger charge is -2.11. The maximum atomic E-state index is 11.4. The van der Waals surface area contributed by atoms with E-state index in [-0.39, 0.29) is 5.91 Å². The summed E-state index contributed by atoms with van der Waals surface area (Å²) in [4.78, 5) is 15.4. The van der Waals surface area contributed by atoms with Gasteiger partial charge in [-0.05, 0) is 53.8 Å². The molecule has 1 heterocycles. The standard InChI is InChI=1S/C17H18N2O/c1-3-15-12-14(11-13-7-9-18-10-8-13)5-6-16(15)19-17(20)4-2/h4-10,12H,2-3,11H2,1H3,(H,19,20). The summed E-state index contributed by atoms with van der Waals surface area (Å²) in [6, 6.07) is 10.2. The maximum Gasteiger partial charge on any atom is 0.247 e. The molecular weight excluding hydrogens is 248 g/mol. The van der Waals surface area contributed by atoms with Crippen molar-refractivity contribution in [3.63, 3.8) is 0 Å². The molecule has 0 saturated carbocycles. The number of amides is 1. The van der Waals surface area contributed by atoms with Crippen molar-refractivity contribution in [2.45, 2.75) is 19.8 Å². The Morgan fingerprint density at radius 3 is 2.65 bits per heavy atom. The summed E-state index contributed by atoms with van der Waals surface area (Å²) >= 11 is 0. The first-order valence-corrected chi connectivity index (χ1v) is 6.67. The van der Waals surface area contributed by atoms with Gasteiger partial charge in [-0.3, -0.25) is 9.78 Å². The average Bonchev–Trinajstić information content (AvgIpc) is 2.49. The van der Waals surface area contributed by atoms with Crippen molar-refractivity contribution in [2.24, 2.45) is 0 Å². The van der Waals surface area contributed by atoms with Crippen LogP contribution in [0.2, 0.25) is 0 Å². The third kappa shape index (κ3) is 3.54. The summed E-state index contributed by atoms with van der Waals surface area (Å²) in [6.45, 7) is 5.55. The number of carbonyl (C=O) groups is 1. The Morgan fingerprint density at radius 1 is 1.25 bits per heavy atom. The van der Waals surface area contributed by atoms with Crippen LogP contribution >= 0.6 is 0 Å². The summed E-state index contributed by atoms with van der Waals surface area (Å²) < 4.78 is 0. The molecule has 3 nitrogen and oxygen atoms in total. The first-order chi connectivity index (χ1) is 9.72. The van der Waals surface area contributed by atoms with Crippen LogP contribution in [-0.2, 0) is 17.6 Å². The molecule has 1 aromatic carbocycles. The van der Waals surface area contributed by atoms with E-state index in [1.165, 1.54) is 17.2 Å². The van der Waals surface area contributed by atoms with Gasteiger partial charge in [-0.2, -0.15) is 0 Å². The minimum atomic E-state index is -0.179. The van der Waals surface area contributed by atoms with Crippen molar-refractivity contribution in [1.82, 2.24) is 4.98 Å². The van der Waals surface area contributed by atoms with Gasteiger partial charge in [-0.1, -0.05) is 25.6 Å². The van der Waals surface area contributed by atoms with Crippen molar-refractivity contribution in [3.05, 3.63) is 72.1 Å². The predicted octanol–water partition coefficient (Wildman–Crippen LogP) is 3.36. The maximum absolute atomic E-state index is 11.4. The Hall–Kier alpha value is -2.42. The van der Waals surface area contributed by atoms with Gasteiger partial charge in [-0.25, -0.2) is 0 Å². The molecule has 0 saturated heterocycles. The van der Waals surface area contributed by atoms with Gasteiger partial charge in [0.15, 0.2) is 0 Å². The molecule has 0 fully saturated rings. The van der Waals surface area contributed by atoms with Crippen LogP contribution in [0.1, 0.15) is 23.6 Å². The first-order valence-electron chi connectivity index (χ1n) is 6.67. The Morgan fingerprint density at radius 2 is 2.00 bits per heavy atom. The van der Waals surface area contributed by atoms with E-state index >= 15 is 0 Å². The molecule has 1 aromatic heterocycles. The number of rotatable bonds is 5. The van der Waals surface area contributed by atoms with E-state index in [4.69, 9.17) is 0 Å². The molecule has 0 aliphatic rings. The molecule has 0 aliphatic heterocycles. The number of aromatic nitrogens is 1. The third-order valence-corrected chi connectivity index (χ3v) is 3.15. The van der Waals surface area contributed by atoms with E-state index in [1.807, 2.05) is 24.3 Å². The summed E-state index contributed by atoms with van der Waals surface area (Å²) in [5, 5.41) is 2.84. The molecule has 0 unspecified atom stereocenters. The summed E-state index contributed by atoms with van der Waals surface area (Å²) in [5.74, 6) is -0.179. The van der Waals surface area contributed by atoms with Crippen molar-refractivity contribution in [3.8, 4) is 0 Å². The number of nitrogens with zero attached hydrogens (tertiary/aromatic N) is 1. The van der Waals surface area contributed by atoms with Crippen LogP contribution < -0.4 is 5.32 Å². The van der Waals surface area contributed by atoms with Crippen LogP contribution in [0.15, 0.2) is 55.4 Å². The number of hydrogen-bond donors (Lipinski definition) is 1. The molecule has 102 valence electrons. The molecule has 2 aromatic rings. The number of aryl methyl sites for hydroxylation is 1. The van der Waals surface area contributed by atoms with Crippen LogP contribution in [-0.4, -0.2) is 10.9 Å². The lowest BCUT2D eigenvalue weighted by atomic mass is 10.0. The van der Waals surface area contributed by atoms with Crippen LogP contribution in [0, 0.1) is 0 Å². The third-order valence-electron chi connectivity index (χ3n) is 3.15. The summed E-state index contributed by atoms with van der Waals surface area (Å²) in [5.41, 5.74) is 4.44. The second-order valence-electron chi connectivity index (χ2n) is 4.57. The average molecular weight is 266 g/mol. The summed E-state index contributed by atoms with van der Waals surface area (Å²) in [7, 11) is 0. The lowest BCUT2D eigenvalue weighted by molar-refractivity contribution is -0.111. The van der Waals surface area contributed by atoms with Gasteiger partial charge in [0.1, 0.15) is 0 Å². The fraction of sp³-hybridized carbons (Fsp3) is 0.176. The van der Waals surface area contributed by atoms with Crippen molar-refractivity contribution in [1.29, 1.82) is 0 Å². The monoisotopic (exact) mass is 266 g/mol. The number of pyridine rings is 1. The number of hydrogen-bond acceptors (Lipinski definition) is 2. The molecule has 1 amide bonds. The minimum absolute atomic E-state index is 0.179. The summed E-state index contributed by atoms with van der Waals surface area (Å²) in [6.07, 6.45) is 6.62. The zero-order chi connectivity index (χ0) is 14.4. The van der Waals surface area contributed by atoms with Crippen molar-refractivity contribution < 1.29 is 4.79 Å². The molecule has 0 bridgehead atoms. The Balaban J connectivity index is 2.20. The SMILES string of the molecule is C=CC(=O)Nc1ccc(Cc2ccncc2)cc1CC. The predicted molar refractivity (Wildman–Crippen MR) is 81.7 cm³/mol. The lowest BCUT2D eigenvalue weighted by Crippen LogP contribution is -2.09. The van der Waals surface area contributed by atoms with E-state index < -0.39 is 0 Å². The largest absolute Gasteiger partial charge is 0.322 e. The Kier molecular flexibility index (Phi) is 4.66. The fourth-order valence-corrected chi connectivity index (χ4v) is 2.09. The highest BCUT2D eigenvalue weighted by Crippen LogP contribution is 2.20. The van der Waals surface area contributed by atoms with Gasteiger partial charge in [0.05, 0.1) is 0 Å². The van der Waals surface area contributed by atoms with Gasteiger partial charge in [-0.15, -0.1) is 0 Å². The molecule has 0 atom stereocenters. The van der Waals surface area contributed by atoms with Gasteiger partial charge in [0, 0.05) is 18.1 Å².